The molecule has 7 nitrogen and oxygen atoms in total. The predicted octanol–water partition coefficient (Wildman–Crippen LogP) is 4.45. The highest BCUT2D eigenvalue weighted by Gasteiger charge is 2.22. The number of non-ortho nitro benzene ring substituents is 1. The summed E-state index contributed by atoms with van der Waals surface area (Å²) < 4.78 is 5.52. The summed E-state index contributed by atoms with van der Waals surface area (Å²) in [6.45, 7) is 4.11. The summed E-state index contributed by atoms with van der Waals surface area (Å²) in [5, 5.41) is 14.6. The molecule has 7 heteroatoms. The van der Waals surface area contributed by atoms with Crippen molar-refractivity contribution in [3.63, 3.8) is 0 Å². The van der Waals surface area contributed by atoms with Crippen LogP contribution in [0.2, 0.25) is 0 Å². The van der Waals surface area contributed by atoms with Crippen molar-refractivity contribution in [2.75, 3.05) is 6.61 Å². The van der Waals surface area contributed by atoms with Gasteiger partial charge in [-0.3, -0.25) is 14.9 Å². The van der Waals surface area contributed by atoms with Crippen molar-refractivity contribution in [2.45, 2.75) is 19.3 Å². The number of hydrogen-bond acceptors (Lipinski definition) is 5. The molecule has 3 rings (SSSR count). The molecule has 0 aromatic heterocycles. The van der Waals surface area contributed by atoms with Gasteiger partial charge in [-0.25, -0.2) is 5.43 Å². The highest BCUT2D eigenvalue weighted by atomic mass is 16.6. The highest BCUT2D eigenvalue weighted by Crippen LogP contribution is 2.32. The second-order valence-corrected chi connectivity index (χ2v) is 7.45. The van der Waals surface area contributed by atoms with E-state index in [2.05, 4.69) is 36.5 Å². The van der Waals surface area contributed by atoms with Gasteiger partial charge in [0.25, 0.3) is 11.6 Å². The maximum absolute atomic E-state index is 11.9. The summed E-state index contributed by atoms with van der Waals surface area (Å²) in [6, 6.07) is 23.8. The summed E-state index contributed by atoms with van der Waals surface area (Å²) in [5.41, 5.74) is 5.00. The van der Waals surface area contributed by atoms with Crippen molar-refractivity contribution >= 4 is 17.8 Å². The first kappa shape index (κ1) is 21.7. The summed E-state index contributed by atoms with van der Waals surface area (Å²) in [7, 11) is 0. The average Bonchev–Trinajstić information content (AvgIpc) is 2.79. The van der Waals surface area contributed by atoms with E-state index in [0.29, 0.717) is 11.3 Å². The largest absolute Gasteiger partial charge is 0.484 e. The van der Waals surface area contributed by atoms with E-state index in [1.807, 2.05) is 42.5 Å². The Morgan fingerprint density at radius 2 is 1.71 bits per heavy atom. The van der Waals surface area contributed by atoms with Gasteiger partial charge in [0.15, 0.2) is 6.61 Å². The van der Waals surface area contributed by atoms with Crippen LogP contribution in [0.4, 0.5) is 5.69 Å². The minimum atomic E-state index is -0.490. The fraction of sp³-hybridized carbons (Fsp3) is 0.167. The van der Waals surface area contributed by atoms with Crippen LogP contribution in [-0.2, 0) is 10.2 Å². The lowest BCUT2D eigenvalue weighted by Crippen LogP contribution is -2.24. The number of nitro groups is 1. The number of rotatable bonds is 8. The van der Waals surface area contributed by atoms with Gasteiger partial charge in [-0.05, 0) is 23.3 Å². The number of carbonyl (C=O) groups excluding carboxylic acids is 1. The lowest BCUT2D eigenvalue weighted by molar-refractivity contribution is -0.384. The Labute approximate surface area is 180 Å². The van der Waals surface area contributed by atoms with E-state index in [9.17, 15) is 14.9 Å². The zero-order valence-electron chi connectivity index (χ0n) is 17.3. The van der Waals surface area contributed by atoms with Crippen LogP contribution < -0.4 is 10.2 Å². The average molecular weight is 417 g/mol. The molecular formula is C24H23N3O4. The first-order chi connectivity index (χ1) is 14.9. The second-order valence-electron chi connectivity index (χ2n) is 7.45. The summed E-state index contributed by atoms with van der Waals surface area (Å²) in [5.74, 6) is 0.140. The SMILES string of the molecule is CC(C)(c1ccccc1)c1ccc(OCC(=O)NN=Cc2cccc([N+](=O)[O-])c2)cc1. The van der Waals surface area contributed by atoms with Gasteiger partial charge in [-0.1, -0.05) is 68.4 Å². The minimum Gasteiger partial charge on any atom is -0.484 e. The number of carbonyl (C=O) groups is 1. The molecule has 0 bridgehead atoms. The van der Waals surface area contributed by atoms with Crippen LogP contribution in [0.15, 0.2) is 84.0 Å². The molecular weight excluding hydrogens is 394 g/mol. The zero-order valence-corrected chi connectivity index (χ0v) is 17.3. The Balaban J connectivity index is 1.52. The maximum atomic E-state index is 11.9. The van der Waals surface area contributed by atoms with Gasteiger partial charge < -0.3 is 4.74 Å². The monoisotopic (exact) mass is 417 g/mol. The molecule has 0 saturated carbocycles. The Morgan fingerprint density at radius 3 is 2.39 bits per heavy atom. The third kappa shape index (κ3) is 5.76. The molecule has 1 N–H and O–H groups in total. The molecule has 0 atom stereocenters. The van der Waals surface area contributed by atoms with E-state index >= 15 is 0 Å². The lowest BCUT2D eigenvalue weighted by Gasteiger charge is -2.26. The normalized spacial score (nSPS) is 11.3. The van der Waals surface area contributed by atoms with Crippen molar-refractivity contribution in [2.24, 2.45) is 5.10 Å². The Kier molecular flexibility index (Phi) is 6.77. The number of benzene rings is 3. The van der Waals surface area contributed by atoms with E-state index in [0.717, 1.165) is 5.56 Å². The number of nitro benzene ring substituents is 1. The van der Waals surface area contributed by atoms with Crippen molar-refractivity contribution in [1.29, 1.82) is 0 Å². The molecule has 0 saturated heterocycles. The number of hydrogen-bond donors (Lipinski definition) is 1. The van der Waals surface area contributed by atoms with Gasteiger partial charge in [-0.2, -0.15) is 5.10 Å². The Morgan fingerprint density at radius 1 is 1.03 bits per heavy atom. The van der Waals surface area contributed by atoms with Gasteiger partial charge >= 0.3 is 0 Å². The summed E-state index contributed by atoms with van der Waals surface area (Å²) in [4.78, 5) is 22.2. The molecule has 1 amide bonds. The molecule has 0 aliphatic carbocycles. The van der Waals surface area contributed by atoms with Crippen molar-refractivity contribution in [1.82, 2.24) is 5.43 Å². The van der Waals surface area contributed by atoms with Gasteiger partial charge in [0.05, 0.1) is 11.1 Å². The first-order valence-electron chi connectivity index (χ1n) is 9.71. The van der Waals surface area contributed by atoms with E-state index in [1.165, 1.54) is 23.9 Å². The highest BCUT2D eigenvalue weighted by molar-refractivity contribution is 5.83. The van der Waals surface area contributed by atoms with Crippen LogP contribution in [0.5, 0.6) is 5.75 Å². The predicted molar refractivity (Wildman–Crippen MR) is 119 cm³/mol. The molecule has 0 aliphatic rings. The van der Waals surface area contributed by atoms with Crippen LogP contribution in [0.25, 0.3) is 0 Å². The van der Waals surface area contributed by atoms with Gasteiger partial charge in [0.2, 0.25) is 0 Å². The van der Waals surface area contributed by atoms with E-state index < -0.39 is 10.8 Å². The third-order valence-corrected chi connectivity index (χ3v) is 4.93. The van der Waals surface area contributed by atoms with Gasteiger partial charge in [-0.15, -0.1) is 0 Å². The molecule has 0 heterocycles. The topological polar surface area (TPSA) is 93.8 Å². The zero-order chi connectivity index (χ0) is 22.3. The number of ether oxygens (including phenoxy) is 1. The van der Waals surface area contributed by atoms with Crippen LogP contribution in [0.3, 0.4) is 0 Å². The fourth-order valence-corrected chi connectivity index (χ4v) is 3.07. The smallest absolute Gasteiger partial charge is 0.277 e. The Bertz CT molecular complexity index is 1080. The van der Waals surface area contributed by atoms with E-state index in [4.69, 9.17) is 4.74 Å². The summed E-state index contributed by atoms with van der Waals surface area (Å²) in [6.07, 6.45) is 1.34. The minimum absolute atomic E-state index is 0.0440. The third-order valence-electron chi connectivity index (χ3n) is 4.93. The summed E-state index contributed by atoms with van der Waals surface area (Å²) >= 11 is 0. The molecule has 0 unspecified atom stereocenters. The van der Waals surface area contributed by atoms with Crippen LogP contribution in [-0.4, -0.2) is 23.7 Å². The number of hydrazone groups is 1. The van der Waals surface area contributed by atoms with Crippen molar-refractivity contribution < 1.29 is 14.5 Å². The molecule has 0 radical (unpaired) electrons. The van der Waals surface area contributed by atoms with Crippen LogP contribution >= 0.6 is 0 Å². The van der Waals surface area contributed by atoms with E-state index in [1.54, 1.807) is 12.1 Å². The van der Waals surface area contributed by atoms with Crippen molar-refractivity contribution in [3.05, 3.63) is 106 Å². The standard InChI is InChI=1S/C24H23N3O4/c1-24(2,19-8-4-3-5-9-19)20-11-13-22(14-12-20)31-17-23(28)26-25-16-18-7-6-10-21(15-18)27(29)30/h3-16H,17H2,1-2H3,(H,26,28). The molecule has 0 aliphatic heterocycles. The number of amides is 1. The van der Waals surface area contributed by atoms with E-state index in [-0.39, 0.29) is 17.7 Å². The Hall–Kier alpha value is -4.00. The number of nitrogens with zero attached hydrogens (tertiary/aromatic N) is 2. The van der Waals surface area contributed by atoms with Crippen LogP contribution in [0.1, 0.15) is 30.5 Å². The molecule has 31 heavy (non-hydrogen) atoms. The maximum Gasteiger partial charge on any atom is 0.277 e. The number of nitrogens with one attached hydrogen (secondary N) is 1. The van der Waals surface area contributed by atoms with Gasteiger partial charge in [0, 0.05) is 23.1 Å². The molecule has 3 aromatic carbocycles. The molecule has 0 spiro atoms. The van der Waals surface area contributed by atoms with Gasteiger partial charge in [0.1, 0.15) is 5.75 Å². The lowest BCUT2D eigenvalue weighted by atomic mass is 9.78. The second kappa shape index (κ2) is 9.67. The fourth-order valence-electron chi connectivity index (χ4n) is 3.07. The molecule has 3 aromatic rings. The van der Waals surface area contributed by atoms with Crippen molar-refractivity contribution in [3.8, 4) is 5.75 Å². The molecule has 0 fully saturated rings. The molecule has 158 valence electrons. The van der Waals surface area contributed by atoms with Crippen LogP contribution in [0, 0.1) is 10.1 Å². The quantitative estimate of drug-likeness (QED) is 0.333. The first-order valence-corrected chi connectivity index (χ1v) is 9.71.